The summed E-state index contributed by atoms with van der Waals surface area (Å²) in [6.07, 6.45) is 0. The molecule has 0 atom stereocenters. The maximum absolute atomic E-state index is 13.0. The molecule has 0 unspecified atom stereocenters. The molecule has 2 aromatic rings. The highest BCUT2D eigenvalue weighted by atomic mass is 35.5. The summed E-state index contributed by atoms with van der Waals surface area (Å²) in [6.45, 7) is 0.997. The van der Waals surface area contributed by atoms with Crippen LogP contribution in [0.3, 0.4) is 0 Å². The van der Waals surface area contributed by atoms with Gasteiger partial charge in [-0.1, -0.05) is 11.6 Å². The third kappa shape index (κ3) is 2.44. The first-order valence-corrected chi connectivity index (χ1v) is 6.42. The van der Waals surface area contributed by atoms with E-state index < -0.39 is 5.82 Å². The molecular formula is C14H12ClFN2O2. The van der Waals surface area contributed by atoms with E-state index in [1.54, 1.807) is 18.2 Å². The summed E-state index contributed by atoms with van der Waals surface area (Å²) in [6, 6.07) is 7.53. The van der Waals surface area contributed by atoms with Gasteiger partial charge in [-0.25, -0.2) is 4.39 Å². The van der Waals surface area contributed by atoms with Crippen LogP contribution in [0.25, 0.3) is 0 Å². The topological polar surface area (TPSA) is 56.5 Å². The molecule has 0 saturated heterocycles. The van der Waals surface area contributed by atoms with Gasteiger partial charge in [0.05, 0.1) is 22.1 Å². The average molecular weight is 295 g/mol. The average Bonchev–Trinajstić information content (AvgIpc) is 2.42. The molecule has 1 aliphatic heterocycles. The van der Waals surface area contributed by atoms with Crippen molar-refractivity contribution in [3.05, 3.63) is 41.2 Å². The van der Waals surface area contributed by atoms with Crippen molar-refractivity contribution in [2.24, 2.45) is 0 Å². The van der Waals surface area contributed by atoms with E-state index >= 15 is 0 Å². The summed E-state index contributed by atoms with van der Waals surface area (Å²) in [7, 11) is 0. The van der Waals surface area contributed by atoms with Crippen LogP contribution >= 0.6 is 11.6 Å². The van der Waals surface area contributed by atoms with Gasteiger partial charge in [-0.3, -0.25) is 0 Å². The van der Waals surface area contributed by atoms with E-state index in [-0.39, 0.29) is 5.02 Å². The lowest BCUT2D eigenvalue weighted by atomic mass is 10.2. The van der Waals surface area contributed by atoms with Crippen LogP contribution < -0.4 is 20.5 Å². The van der Waals surface area contributed by atoms with Crippen LogP contribution in [0.5, 0.6) is 11.5 Å². The molecular weight excluding hydrogens is 283 g/mol. The maximum Gasteiger partial charge on any atom is 0.163 e. The Bertz CT molecular complexity index is 664. The lowest BCUT2D eigenvalue weighted by Gasteiger charge is -2.20. The fourth-order valence-electron chi connectivity index (χ4n) is 1.95. The van der Waals surface area contributed by atoms with Gasteiger partial charge in [0.15, 0.2) is 11.5 Å². The van der Waals surface area contributed by atoms with Gasteiger partial charge in [-0.2, -0.15) is 0 Å². The van der Waals surface area contributed by atoms with Crippen LogP contribution in [0.15, 0.2) is 30.3 Å². The monoisotopic (exact) mass is 294 g/mol. The van der Waals surface area contributed by atoms with Crippen molar-refractivity contribution in [1.29, 1.82) is 0 Å². The van der Waals surface area contributed by atoms with E-state index in [1.807, 2.05) is 0 Å². The van der Waals surface area contributed by atoms with E-state index in [9.17, 15) is 4.39 Å². The highest BCUT2D eigenvalue weighted by Crippen LogP contribution is 2.38. The van der Waals surface area contributed by atoms with Crippen molar-refractivity contribution in [2.45, 2.75) is 0 Å². The van der Waals surface area contributed by atoms with Gasteiger partial charge < -0.3 is 20.5 Å². The maximum atomic E-state index is 13.0. The zero-order chi connectivity index (χ0) is 14.1. The molecule has 0 fully saturated rings. The molecule has 3 rings (SSSR count). The Hall–Kier alpha value is -2.14. The highest BCUT2D eigenvalue weighted by Gasteiger charge is 2.15. The first kappa shape index (κ1) is 12.9. The Morgan fingerprint density at radius 3 is 2.45 bits per heavy atom. The molecule has 4 nitrogen and oxygen atoms in total. The Labute approximate surface area is 120 Å². The SMILES string of the molecule is Nc1cc2c(cc1Nc1ccc(F)cc1Cl)OCCO2. The predicted molar refractivity (Wildman–Crippen MR) is 76.5 cm³/mol. The van der Waals surface area contributed by atoms with Crippen LogP contribution in [-0.4, -0.2) is 13.2 Å². The van der Waals surface area contributed by atoms with Gasteiger partial charge in [-0.15, -0.1) is 0 Å². The van der Waals surface area contributed by atoms with Crippen molar-refractivity contribution in [2.75, 3.05) is 24.3 Å². The van der Waals surface area contributed by atoms with Crippen LogP contribution in [0, 0.1) is 5.82 Å². The summed E-state index contributed by atoms with van der Waals surface area (Å²) in [4.78, 5) is 0. The molecule has 0 aliphatic carbocycles. The molecule has 2 aromatic carbocycles. The van der Waals surface area contributed by atoms with Gasteiger partial charge in [-0.05, 0) is 18.2 Å². The summed E-state index contributed by atoms with van der Waals surface area (Å²) >= 11 is 5.98. The molecule has 0 bridgehead atoms. The zero-order valence-electron chi connectivity index (χ0n) is 10.5. The normalized spacial score (nSPS) is 13.1. The van der Waals surface area contributed by atoms with Crippen LogP contribution in [0.2, 0.25) is 5.02 Å². The van der Waals surface area contributed by atoms with E-state index in [2.05, 4.69) is 5.32 Å². The van der Waals surface area contributed by atoms with Gasteiger partial charge in [0.2, 0.25) is 0 Å². The molecule has 6 heteroatoms. The summed E-state index contributed by atoms with van der Waals surface area (Å²) in [5, 5.41) is 3.34. The van der Waals surface area contributed by atoms with E-state index in [1.165, 1.54) is 12.1 Å². The number of anilines is 3. The number of nitrogens with one attached hydrogen (secondary N) is 1. The largest absolute Gasteiger partial charge is 0.486 e. The summed E-state index contributed by atoms with van der Waals surface area (Å²) in [5.41, 5.74) is 7.65. The van der Waals surface area contributed by atoms with Crippen molar-refractivity contribution in [1.82, 2.24) is 0 Å². The van der Waals surface area contributed by atoms with E-state index in [4.69, 9.17) is 26.8 Å². The smallest absolute Gasteiger partial charge is 0.163 e. The first-order valence-electron chi connectivity index (χ1n) is 6.04. The van der Waals surface area contributed by atoms with Crippen molar-refractivity contribution >= 4 is 28.7 Å². The Balaban J connectivity index is 1.94. The molecule has 0 saturated carbocycles. The van der Waals surface area contributed by atoms with Crippen LogP contribution in [0.1, 0.15) is 0 Å². The van der Waals surface area contributed by atoms with E-state index in [0.717, 1.165) is 0 Å². The zero-order valence-corrected chi connectivity index (χ0v) is 11.2. The second-order valence-corrected chi connectivity index (χ2v) is 4.74. The van der Waals surface area contributed by atoms with Gasteiger partial charge in [0, 0.05) is 12.1 Å². The van der Waals surface area contributed by atoms with Crippen LogP contribution in [-0.2, 0) is 0 Å². The molecule has 0 amide bonds. The fourth-order valence-corrected chi connectivity index (χ4v) is 2.16. The molecule has 0 aromatic heterocycles. The molecule has 3 N–H and O–H groups in total. The predicted octanol–water partition coefficient (Wildman–Crippen LogP) is 3.58. The van der Waals surface area contributed by atoms with Crippen molar-refractivity contribution < 1.29 is 13.9 Å². The Morgan fingerprint density at radius 2 is 1.75 bits per heavy atom. The van der Waals surface area contributed by atoms with Gasteiger partial charge in [0.25, 0.3) is 0 Å². The quantitative estimate of drug-likeness (QED) is 0.831. The number of nitrogens with two attached hydrogens (primary N) is 1. The van der Waals surface area contributed by atoms with E-state index in [0.29, 0.717) is 41.8 Å². The number of benzene rings is 2. The summed E-state index contributed by atoms with van der Waals surface area (Å²) < 4.78 is 24.0. The minimum atomic E-state index is -0.393. The fraction of sp³-hybridized carbons (Fsp3) is 0.143. The number of ether oxygens (including phenoxy) is 2. The number of fused-ring (bicyclic) bond motifs is 1. The second-order valence-electron chi connectivity index (χ2n) is 4.33. The minimum Gasteiger partial charge on any atom is -0.486 e. The van der Waals surface area contributed by atoms with Crippen molar-refractivity contribution in [3.63, 3.8) is 0 Å². The first-order chi connectivity index (χ1) is 9.63. The third-order valence-electron chi connectivity index (χ3n) is 2.91. The third-order valence-corrected chi connectivity index (χ3v) is 3.23. The highest BCUT2D eigenvalue weighted by molar-refractivity contribution is 6.33. The minimum absolute atomic E-state index is 0.277. The van der Waals surface area contributed by atoms with Gasteiger partial charge >= 0.3 is 0 Å². The molecule has 104 valence electrons. The number of nitrogen functional groups attached to an aromatic ring is 1. The summed E-state index contributed by atoms with van der Waals surface area (Å²) in [5.74, 6) is 0.839. The molecule has 1 aliphatic rings. The molecule has 1 heterocycles. The van der Waals surface area contributed by atoms with Crippen molar-refractivity contribution in [3.8, 4) is 11.5 Å². The lowest BCUT2D eigenvalue weighted by molar-refractivity contribution is 0.172. The number of rotatable bonds is 2. The molecule has 0 radical (unpaired) electrons. The second kappa shape index (κ2) is 5.09. The lowest BCUT2D eigenvalue weighted by Crippen LogP contribution is -2.15. The Kier molecular flexibility index (Phi) is 3.28. The Morgan fingerprint density at radius 1 is 1.05 bits per heavy atom. The number of hydrogen-bond acceptors (Lipinski definition) is 4. The van der Waals surface area contributed by atoms with Gasteiger partial charge in [0.1, 0.15) is 19.0 Å². The number of halogens is 2. The van der Waals surface area contributed by atoms with Crippen LogP contribution in [0.4, 0.5) is 21.5 Å². The standard InChI is InChI=1S/C14H12ClFN2O2/c15-9-5-8(16)1-2-11(9)18-12-7-14-13(6-10(12)17)19-3-4-20-14/h1-2,5-7,18H,3-4,17H2. The molecule has 20 heavy (non-hydrogen) atoms. The molecule has 0 spiro atoms. The number of hydrogen-bond donors (Lipinski definition) is 2.